The number of ether oxygens (including phenoxy) is 3. The number of halogens is 1. The molecule has 0 fully saturated rings. The highest BCUT2D eigenvalue weighted by Crippen LogP contribution is 2.34. The number of hydrogen-bond acceptors (Lipinski definition) is 9. The monoisotopic (exact) mass is 625 g/mol. The van der Waals surface area contributed by atoms with Crippen LogP contribution in [0.1, 0.15) is 29.4 Å². The quantitative estimate of drug-likeness (QED) is 0.292. The van der Waals surface area contributed by atoms with E-state index < -0.39 is 35.1 Å². The summed E-state index contributed by atoms with van der Waals surface area (Å²) in [5.74, 6) is -0.759. The fourth-order valence-corrected chi connectivity index (χ4v) is 5.34. The topological polar surface area (TPSA) is 141 Å². The first-order valence-electron chi connectivity index (χ1n) is 14.8. The molecule has 0 saturated carbocycles. The van der Waals surface area contributed by atoms with E-state index in [-0.39, 0.29) is 38.2 Å². The van der Waals surface area contributed by atoms with Crippen LogP contribution in [-0.2, 0) is 33.6 Å². The number of Topliss-reactive ketones (excluding diaryl/α,β-unsaturated/α-hetero) is 1. The van der Waals surface area contributed by atoms with Gasteiger partial charge in [0.2, 0.25) is 11.5 Å². The first-order chi connectivity index (χ1) is 22.2. The summed E-state index contributed by atoms with van der Waals surface area (Å²) in [4.78, 5) is 49.0. The molecular formula is C34H32FN5O6. The Labute approximate surface area is 264 Å². The van der Waals surface area contributed by atoms with Crippen LogP contribution in [0.3, 0.4) is 0 Å². The van der Waals surface area contributed by atoms with Crippen LogP contribution in [0.4, 0.5) is 15.9 Å². The average Bonchev–Trinajstić information content (AvgIpc) is 3.05. The Hall–Kier alpha value is -5.52. The van der Waals surface area contributed by atoms with Crippen molar-refractivity contribution in [3.05, 3.63) is 101 Å². The van der Waals surface area contributed by atoms with Gasteiger partial charge in [-0.3, -0.25) is 14.4 Å². The van der Waals surface area contributed by atoms with Gasteiger partial charge in [-0.25, -0.2) is 14.4 Å². The molecule has 3 aromatic carbocycles. The molecule has 3 N–H and O–H groups in total. The van der Waals surface area contributed by atoms with Gasteiger partial charge in [-0.05, 0) is 48.4 Å². The van der Waals surface area contributed by atoms with Gasteiger partial charge in [-0.15, -0.1) is 0 Å². The molecule has 6 aliphatic rings. The highest BCUT2D eigenvalue weighted by molar-refractivity contribution is 6.12. The minimum absolute atomic E-state index is 0.0378. The molecule has 12 heteroatoms. The van der Waals surface area contributed by atoms with E-state index in [0.29, 0.717) is 34.3 Å². The van der Waals surface area contributed by atoms with Crippen molar-refractivity contribution in [1.82, 2.24) is 20.6 Å². The van der Waals surface area contributed by atoms with Gasteiger partial charge in [-0.1, -0.05) is 36.4 Å². The Morgan fingerprint density at radius 2 is 1.83 bits per heavy atom. The van der Waals surface area contributed by atoms with Crippen LogP contribution in [0.5, 0.6) is 17.2 Å². The number of amides is 2. The van der Waals surface area contributed by atoms with E-state index in [0.717, 1.165) is 17.3 Å². The van der Waals surface area contributed by atoms with E-state index >= 15 is 0 Å². The van der Waals surface area contributed by atoms with Gasteiger partial charge in [0.1, 0.15) is 24.2 Å². The number of anilines is 2. The van der Waals surface area contributed by atoms with E-state index in [1.807, 2.05) is 36.4 Å². The summed E-state index contributed by atoms with van der Waals surface area (Å²) in [7, 11) is 1.52. The van der Waals surface area contributed by atoms with Crippen LogP contribution in [0.2, 0.25) is 0 Å². The minimum atomic E-state index is -1.88. The second kappa shape index (κ2) is 12.8. The molecule has 11 nitrogen and oxygen atoms in total. The fraction of sp³-hybridized carbons (Fsp3) is 0.265. The van der Waals surface area contributed by atoms with Crippen LogP contribution in [0.15, 0.2) is 72.9 Å². The van der Waals surface area contributed by atoms with Crippen LogP contribution < -0.4 is 30.2 Å². The number of carbonyl (C=O) groups is 3. The van der Waals surface area contributed by atoms with Crippen molar-refractivity contribution < 1.29 is 33.0 Å². The molecule has 0 radical (unpaired) electrons. The second-order valence-corrected chi connectivity index (χ2v) is 11.2. The van der Waals surface area contributed by atoms with Crippen molar-refractivity contribution in [2.45, 2.75) is 37.8 Å². The number of benzene rings is 3. The predicted octanol–water partition coefficient (Wildman–Crippen LogP) is 3.46. The molecule has 2 amide bonds. The third-order valence-corrected chi connectivity index (χ3v) is 7.90. The van der Waals surface area contributed by atoms with Gasteiger partial charge < -0.3 is 30.2 Å². The molecule has 0 saturated heterocycles. The summed E-state index contributed by atoms with van der Waals surface area (Å²) in [6.07, 6.45) is 1.45. The third kappa shape index (κ3) is 6.46. The number of nitrogens with zero attached hydrogens (tertiary/aromatic N) is 2. The Morgan fingerprint density at radius 1 is 1.02 bits per heavy atom. The largest absolute Gasteiger partial charge is 0.493 e. The first-order valence-corrected chi connectivity index (χ1v) is 14.8. The van der Waals surface area contributed by atoms with Crippen LogP contribution in [0, 0.1) is 5.82 Å². The number of nitrogens with one attached hydrogen (secondary N) is 3. The van der Waals surface area contributed by atoms with Gasteiger partial charge in [0.15, 0.2) is 28.9 Å². The molecule has 6 aliphatic heterocycles. The number of hydrogen-bond donors (Lipinski definition) is 3. The summed E-state index contributed by atoms with van der Waals surface area (Å²) in [6, 6.07) is 18.5. The van der Waals surface area contributed by atoms with Gasteiger partial charge in [0, 0.05) is 30.5 Å². The molecule has 10 rings (SSSR count). The summed E-state index contributed by atoms with van der Waals surface area (Å²) >= 11 is 0. The van der Waals surface area contributed by atoms with E-state index in [4.69, 9.17) is 14.2 Å². The van der Waals surface area contributed by atoms with E-state index in [9.17, 15) is 18.8 Å². The summed E-state index contributed by atoms with van der Waals surface area (Å²) in [5, 5.41) is 8.53. The smallest absolute Gasteiger partial charge is 0.272 e. The lowest BCUT2D eigenvalue weighted by molar-refractivity contribution is -0.150. The van der Waals surface area contributed by atoms with Gasteiger partial charge in [-0.2, -0.15) is 0 Å². The zero-order chi connectivity index (χ0) is 32.3. The van der Waals surface area contributed by atoms with Crippen molar-refractivity contribution in [2.75, 3.05) is 25.6 Å². The molecule has 0 unspecified atom stereocenters. The van der Waals surface area contributed by atoms with Gasteiger partial charge in [0.25, 0.3) is 5.91 Å². The van der Waals surface area contributed by atoms with E-state index in [2.05, 4.69) is 25.9 Å². The first kappa shape index (κ1) is 30.5. The van der Waals surface area contributed by atoms with E-state index in [1.54, 1.807) is 30.3 Å². The lowest BCUT2D eigenvalue weighted by Crippen LogP contribution is -2.61. The highest BCUT2D eigenvalue weighted by atomic mass is 19.1. The van der Waals surface area contributed by atoms with Crippen LogP contribution >= 0.6 is 0 Å². The Balaban J connectivity index is 1.34. The molecular weight excluding hydrogens is 593 g/mol. The highest BCUT2D eigenvalue weighted by Gasteiger charge is 2.47. The molecule has 2 atom stereocenters. The third-order valence-electron chi connectivity index (χ3n) is 7.90. The molecule has 4 aromatic rings. The molecule has 8 bridgehead atoms. The maximum absolute atomic E-state index is 14.8. The number of rotatable bonds is 3. The molecule has 7 heterocycles. The lowest BCUT2D eigenvalue weighted by Gasteiger charge is -2.34. The molecule has 46 heavy (non-hydrogen) atoms. The van der Waals surface area contributed by atoms with Crippen LogP contribution in [-0.4, -0.2) is 59.5 Å². The van der Waals surface area contributed by atoms with Crippen molar-refractivity contribution in [3.63, 3.8) is 0 Å². The minimum Gasteiger partial charge on any atom is -0.493 e. The lowest BCUT2D eigenvalue weighted by atomic mass is 9.89. The number of aromatic nitrogens is 2. The van der Waals surface area contributed by atoms with Crippen molar-refractivity contribution in [3.8, 4) is 17.2 Å². The molecule has 0 spiro atoms. The fourth-order valence-electron chi connectivity index (χ4n) is 5.34. The Morgan fingerprint density at radius 3 is 2.63 bits per heavy atom. The summed E-state index contributed by atoms with van der Waals surface area (Å²) in [5.41, 5.74) is 0.720. The zero-order valence-electron chi connectivity index (χ0n) is 25.3. The normalized spacial score (nSPS) is 19.8. The van der Waals surface area contributed by atoms with Crippen molar-refractivity contribution in [2.24, 2.45) is 0 Å². The second-order valence-electron chi connectivity index (χ2n) is 11.2. The summed E-state index contributed by atoms with van der Waals surface area (Å²) < 4.78 is 32.2. The number of ketones is 1. The summed E-state index contributed by atoms with van der Waals surface area (Å²) in [6.45, 7) is 1.64. The van der Waals surface area contributed by atoms with Crippen LogP contribution in [0.25, 0.3) is 0 Å². The Bertz CT molecular complexity index is 1800. The van der Waals surface area contributed by atoms with Crippen molar-refractivity contribution >= 4 is 29.1 Å². The zero-order valence-corrected chi connectivity index (χ0v) is 25.3. The Kier molecular flexibility index (Phi) is 8.51. The number of carbonyl (C=O) groups excluding carboxylic acids is 3. The maximum atomic E-state index is 14.8. The van der Waals surface area contributed by atoms with Gasteiger partial charge in [0.05, 0.1) is 19.9 Å². The molecule has 236 valence electrons. The standard InChI is InChI=1S/C34H32FN5O6/c1-34-29(41)18-22-17-23(9-11-26(22)46-34)38-31-24(35)19-37-30(40-31)16-21-8-10-27(28(15-21)44-2)45-13-12-36-32(42)25(39-33(34)43)14-20-6-4-3-5-7-20/h3-11,15,17,19,25H,12-14,16,18H2,1-2H3,(H,36,42)(H,39,43)(H,37,38,40)/t25-,34+/m0/s1. The maximum Gasteiger partial charge on any atom is 0.272 e. The SMILES string of the molecule is COc1cc2ccc1OCCNC(=O)[C@H](Cc1ccccc1)NC(=O)[C@]1(C)Oc3ccc(cc3CC1=O)Nc1nc(ncc1F)C2. The van der Waals surface area contributed by atoms with Gasteiger partial charge >= 0.3 is 0 Å². The van der Waals surface area contributed by atoms with E-state index in [1.165, 1.54) is 14.0 Å². The van der Waals surface area contributed by atoms with Crippen molar-refractivity contribution in [1.29, 1.82) is 0 Å². The average molecular weight is 626 g/mol. The molecule has 0 aliphatic carbocycles. The number of methoxy groups -OCH3 is 1. The molecule has 1 aromatic heterocycles. The predicted molar refractivity (Wildman–Crippen MR) is 166 cm³/mol.